The molecule has 13 heteroatoms. The summed E-state index contributed by atoms with van der Waals surface area (Å²) < 4.78 is 52.8. The molecule has 0 saturated carbocycles. The van der Waals surface area contributed by atoms with E-state index in [-0.39, 0.29) is 5.56 Å². The van der Waals surface area contributed by atoms with Gasteiger partial charge in [0.05, 0.1) is 41.9 Å². The van der Waals surface area contributed by atoms with Crippen molar-refractivity contribution < 1.29 is 27.4 Å². The molecule has 2 N–H and O–H groups in total. The molecule has 0 aliphatic heterocycles. The van der Waals surface area contributed by atoms with Crippen molar-refractivity contribution in [3.63, 3.8) is 0 Å². The highest BCUT2D eigenvalue weighted by Crippen LogP contribution is 2.37. The highest BCUT2D eigenvalue weighted by Gasteiger charge is 2.31. The highest BCUT2D eigenvalue weighted by molar-refractivity contribution is 7.18. The van der Waals surface area contributed by atoms with Gasteiger partial charge in [0, 0.05) is 52.1 Å². The van der Waals surface area contributed by atoms with Gasteiger partial charge in [-0.15, -0.1) is 11.3 Å². The Morgan fingerprint density at radius 3 is 2.65 bits per heavy atom. The maximum atomic E-state index is 13.1. The SMILES string of the molecule is COc1ccc(CNc2ncnc3c(-c4cnn(-c5cc(NC(=O)c6cccc(C(F)(F)F)c6)ccc5C)c4)csc23)c(OC)c1. The van der Waals surface area contributed by atoms with Crippen LogP contribution in [-0.2, 0) is 12.7 Å². The Kier molecular flexibility index (Phi) is 8.33. The number of nitrogens with one attached hydrogen (secondary N) is 2. The summed E-state index contributed by atoms with van der Waals surface area (Å²) >= 11 is 1.51. The Bertz CT molecular complexity index is 2060. The number of hydrogen-bond donors (Lipinski definition) is 2. The molecule has 0 aliphatic carbocycles. The van der Waals surface area contributed by atoms with Gasteiger partial charge in [0.15, 0.2) is 0 Å². The number of ether oxygens (including phenoxy) is 2. The molecule has 6 aromatic rings. The number of thiophene rings is 1. The third-order valence-electron chi connectivity index (χ3n) is 7.35. The van der Waals surface area contributed by atoms with Crippen LogP contribution in [0.4, 0.5) is 24.7 Å². The smallest absolute Gasteiger partial charge is 0.416 e. The van der Waals surface area contributed by atoms with Crippen LogP contribution in [0.3, 0.4) is 0 Å². The zero-order valence-corrected chi connectivity index (χ0v) is 25.7. The van der Waals surface area contributed by atoms with Crippen LogP contribution in [0.25, 0.3) is 27.0 Å². The number of aryl methyl sites for hydroxylation is 1. The highest BCUT2D eigenvalue weighted by atomic mass is 32.1. The molecule has 234 valence electrons. The van der Waals surface area contributed by atoms with Gasteiger partial charge in [0.2, 0.25) is 0 Å². The number of carbonyl (C=O) groups excluding carboxylic acids is 1. The van der Waals surface area contributed by atoms with Crippen LogP contribution >= 0.6 is 11.3 Å². The van der Waals surface area contributed by atoms with E-state index in [0.717, 1.165) is 44.6 Å². The second kappa shape index (κ2) is 12.5. The summed E-state index contributed by atoms with van der Waals surface area (Å²) in [6, 6.07) is 15.2. The summed E-state index contributed by atoms with van der Waals surface area (Å²) in [6.45, 7) is 2.38. The van der Waals surface area contributed by atoms with E-state index in [4.69, 9.17) is 9.47 Å². The number of amides is 1. The normalized spacial score (nSPS) is 11.4. The van der Waals surface area contributed by atoms with Gasteiger partial charge < -0.3 is 20.1 Å². The van der Waals surface area contributed by atoms with Crippen molar-refractivity contribution in [2.24, 2.45) is 0 Å². The summed E-state index contributed by atoms with van der Waals surface area (Å²) in [5.41, 5.74) is 4.41. The molecule has 0 spiro atoms. The van der Waals surface area contributed by atoms with E-state index in [1.54, 1.807) is 43.3 Å². The van der Waals surface area contributed by atoms with Crippen LogP contribution in [0.15, 0.2) is 84.8 Å². The van der Waals surface area contributed by atoms with E-state index in [9.17, 15) is 18.0 Å². The minimum atomic E-state index is -4.55. The van der Waals surface area contributed by atoms with E-state index in [0.29, 0.717) is 35.2 Å². The van der Waals surface area contributed by atoms with Gasteiger partial charge in [0.1, 0.15) is 23.6 Å². The molecule has 3 heterocycles. The molecular weight excluding hydrogens is 617 g/mol. The first-order chi connectivity index (χ1) is 22.1. The molecular formula is C33H27F3N6O3S. The minimum Gasteiger partial charge on any atom is -0.497 e. The average molecular weight is 645 g/mol. The van der Waals surface area contributed by atoms with E-state index in [2.05, 4.69) is 25.7 Å². The van der Waals surface area contributed by atoms with Crippen molar-refractivity contribution in [1.82, 2.24) is 19.7 Å². The van der Waals surface area contributed by atoms with E-state index in [1.165, 1.54) is 29.8 Å². The number of rotatable bonds is 9. The Morgan fingerprint density at radius 2 is 1.87 bits per heavy atom. The van der Waals surface area contributed by atoms with Gasteiger partial charge >= 0.3 is 6.18 Å². The van der Waals surface area contributed by atoms with Crippen LogP contribution in [-0.4, -0.2) is 39.9 Å². The van der Waals surface area contributed by atoms with Crippen LogP contribution in [0.2, 0.25) is 0 Å². The van der Waals surface area contributed by atoms with Crippen molar-refractivity contribution >= 4 is 39.0 Å². The largest absolute Gasteiger partial charge is 0.497 e. The van der Waals surface area contributed by atoms with Gasteiger partial charge in [-0.2, -0.15) is 18.3 Å². The van der Waals surface area contributed by atoms with Crippen molar-refractivity contribution in [2.75, 3.05) is 24.9 Å². The number of methoxy groups -OCH3 is 2. The molecule has 3 aromatic heterocycles. The van der Waals surface area contributed by atoms with Crippen molar-refractivity contribution in [3.8, 4) is 28.3 Å². The summed E-state index contributed by atoms with van der Waals surface area (Å²) in [4.78, 5) is 21.8. The number of hydrogen-bond acceptors (Lipinski definition) is 8. The predicted molar refractivity (Wildman–Crippen MR) is 171 cm³/mol. The summed E-state index contributed by atoms with van der Waals surface area (Å²) in [5, 5.41) is 12.6. The Labute approximate surface area is 265 Å². The summed E-state index contributed by atoms with van der Waals surface area (Å²) in [7, 11) is 3.22. The first-order valence-electron chi connectivity index (χ1n) is 14.0. The number of anilines is 2. The van der Waals surface area contributed by atoms with Crippen LogP contribution in [0.1, 0.15) is 27.0 Å². The first-order valence-corrected chi connectivity index (χ1v) is 14.8. The van der Waals surface area contributed by atoms with Gasteiger partial charge in [-0.1, -0.05) is 12.1 Å². The second-order valence-corrected chi connectivity index (χ2v) is 11.2. The van der Waals surface area contributed by atoms with Crippen molar-refractivity contribution in [3.05, 3.63) is 107 Å². The number of aromatic nitrogens is 4. The number of fused-ring (bicyclic) bond motifs is 1. The third kappa shape index (κ3) is 6.22. The summed E-state index contributed by atoms with van der Waals surface area (Å²) in [6.07, 6.45) is 0.553. The minimum absolute atomic E-state index is 0.0957. The number of carbonyl (C=O) groups is 1. The van der Waals surface area contributed by atoms with Gasteiger partial charge in [-0.3, -0.25) is 4.79 Å². The molecule has 9 nitrogen and oxygen atoms in total. The van der Waals surface area contributed by atoms with Crippen LogP contribution < -0.4 is 20.1 Å². The maximum absolute atomic E-state index is 13.1. The molecule has 0 radical (unpaired) electrons. The Hall–Kier alpha value is -5.43. The second-order valence-electron chi connectivity index (χ2n) is 10.3. The van der Waals surface area contributed by atoms with E-state index < -0.39 is 17.6 Å². The number of alkyl halides is 3. The van der Waals surface area contributed by atoms with Crippen molar-refractivity contribution in [1.29, 1.82) is 0 Å². The van der Waals surface area contributed by atoms with Crippen LogP contribution in [0, 0.1) is 6.92 Å². The molecule has 0 unspecified atom stereocenters. The molecule has 0 aliphatic rings. The van der Waals surface area contributed by atoms with Crippen molar-refractivity contribution in [2.45, 2.75) is 19.6 Å². The third-order valence-corrected chi connectivity index (χ3v) is 8.33. The zero-order chi connectivity index (χ0) is 32.4. The lowest BCUT2D eigenvalue weighted by molar-refractivity contribution is -0.137. The fourth-order valence-electron chi connectivity index (χ4n) is 4.93. The predicted octanol–water partition coefficient (Wildman–Crippen LogP) is 7.75. The quantitative estimate of drug-likeness (QED) is 0.166. The number of benzene rings is 3. The maximum Gasteiger partial charge on any atom is 0.416 e. The van der Waals surface area contributed by atoms with Gasteiger partial charge in [0.25, 0.3) is 5.91 Å². The molecule has 6 rings (SSSR count). The molecule has 46 heavy (non-hydrogen) atoms. The van der Waals surface area contributed by atoms with E-state index >= 15 is 0 Å². The topological polar surface area (TPSA) is 103 Å². The molecule has 0 fully saturated rings. The van der Waals surface area contributed by atoms with E-state index in [1.807, 2.05) is 36.7 Å². The standard InChI is InChI=1S/C33H27F3N6O3S/c1-19-7-9-24(41-32(43)20-5-4-6-23(11-20)33(34,35)36)12-27(19)42-16-22(15-40-42)26-17-46-30-29(26)38-18-39-31(30)37-14-21-8-10-25(44-2)13-28(21)45-3/h4-13,15-18H,14H2,1-3H3,(H,41,43)(H,37,38,39). The zero-order valence-electron chi connectivity index (χ0n) is 24.8. The van der Waals surface area contributed by atoms with Gasteiger partial charge in [-0.25, -0.2) is 14.6 Å². The molecule has 0 bridgehead atoms. The monoisotopic (exact) mass is 644 g/mol. The molecule has 0 saturated heterocycles. The molecule has 3 aromatic carbocycles. The summed E-state index contributed by atoms with van der Waals surface area (Å²) in [5.74, 6) is 1.44. The first kappa shape index (κ1) is 30.6. The Balaban J connectivity index is 1.22. The Morgan fingerprint density at radius 1 is 1.02 bits per heavy atom. The fraction of sp³-hybridized carbons (Fsp3) is 0.152. The van der Waals surface area contributed by atoms with Crippen LogP contribution in [0.5, 0.6) is 11.5 Å². The lowest BCUT2D eigenvalue weighted by atomic mass is 10.1. The van der Waals surface area contributed by atoms with Gasteiger partial charge in [-0.05, 0) is 55.0 Å². The molecule has 1 amide bonds. The average Bonchev–Trinajstić information content (AvgIpc) is 3.72. The lowest BCUT2D eigenvalue weighted by Gasteiger charge is -2.12. The molecule has 0 atom stereocenters. The fourth-order valence-corrected chi connectivity index (χ4v) is 5.92. The number of halogens is 3. The lowest BCUT2D eigenvalue weighted by Crippen LogP contribution is -2.14. The number of nitrogens with zero attached hydrogens (tertiary/aromatic N) is 4.